The van der Waals surface area contributed by atoms with Gasteiger partial charge in [-0.15, -0.1) is 0 Å². The van der Waals surface area contributed by atoms with Gasteiger partial charge in [-0.1, -0.05) is 6.08 Å². The van der Waals surface area contributed by atoms with Gasteiger partial charge in [-0.05, 0) is 38.2 Å². The zero-order valence-corrected chi connectivity index (χ0v) is 9.19. The smallest absolute Gasteiger partial charge is 0.103 e. The van der Waals surface area contributed by atoms with Gasteiger partial charge in [0, 0.05) is 18.3 Å². The lowest BCUT2D eigenvalue weighted by molar-refractivity contribution is 0.208. The molecule has 1 aliphatic carbocycles. The molecule has 1 heterocycles. The van der Waals surface area contributed by atoms with Gasteiger partial charge in [0.2, 0.25) is 0 Å². The van der Waals surface area contributed by atoms with Crippen molar-refractivity contribution in [2.24, 2.45) is 0 Å². The lowest BCUT2D eigenvalue weighted by atomic mass is 9.93. The SMILES string of the molecule is CCn1cc(C(O)C2=CCCCC2)cn1. The minimum Gasteiger partial charge on any atom is -0.384 e. The summed E-state index contributed by atoms with van der Waals surface area (Å²) in [4.78, 5) is 0. The van der Waals surface area contributed by atoms with Crippen LogP contribution in [0.2, 0.25) is 0 Å². The minimum atomic E-state index is -0.439. The number of allylic oxidation sites excluding steroid dienone is 1. The van der Waals surface area contributed by atoms with E-state index >= 15 is 0 Å². The van der Waals surface area contributed by atoms with Crippen LogP contribution in [0.4, 0.5) is 0 Å². The molecule has 2 rings (SSSR count). The quantitative estimate of drug-likeness (QED) is 0.771. The van der Waals surface area contributed by atoms with Gasteiger partial charge in [0.15, 0.2) is 0 Å². The molecular weight excluding hydrogens is 188 g/mol. The van der Waals surface area contributed by atoms with Gasteiger partial charge in [0.05, 0.1) is 6.20 Å². The molecule has 3 nitrogen and oxygen atoms in total. The molecule has 3 heteroatoms. The third-order valence-corrected chi connectivity index (χ3v) is 2.97. The Kier molecular flexibility index (Phi) is 3.21. The zero-order chi connectivity index (χ0) is 10.7. The molecule has 1 aromatic heterocycles. The van der Waals surface area contributed by atoms with Crippen molar-refractivity contribution in [1.29, 1.82) is 0 Å². The van der Waals surface area contributed by atoms with Gasteiger partial charge in [-0.25, -0.2) is 0 Å². The Labute approximate surface area is 90.4 Å². The molecule has 0 fully saturated rings. The van der Waals surface area contributed by atoms with Gasteiger partial charge in [0.25, 0.3) is 0 Å². The van der Waals surface area contributed by atoms with Crippen LogP contribution in [0.1, 0.15) is 44.3 Å². The highest BCUT2D eigenvalue weighted by Crippen LogP contribution is 2.29. The summed E-state index contributed by atoms with van der Waals surface area (Å²) in [6.45, 7) is 2.90. The fraction of sp³-hybridized carbons (Fsp3) is 0.583. The van der Waals surface area contributed by atoms with Gasteiger partial charge in [0.1, 0.15) is 6.10 Å². The lowest BCUT2D eigenvalue weighted by Crippen LogP contribution is -2.04. The molecule has 0 radical (unpaired) electrons. The van der Waals surface area contributed by atoms with Crippen LogP contribution >= 0.6 is 0 Å². The number of rotatable bonds is 3. The van der Waals surface area contributed by atoms with Crippen LogP contribution in [-0.4, -0.2) is 14.9 Å². The first-order valence-electron chi connectivity index (χ1n) is 5.70. The van der Waals surface area contributed by atoms with Gasteiger partial charge >= 0.3 is 0 Å². The Bertz CT molecular complexity index is 354. The predicted octanol–water partition coefficient (Wildman–Crippen LogP) is 2.44. The fourth-order valence-electron chi connectivity index (χ4n) is 2.02. The van der Waals surface area contributed by atoms with Crippen molar-refractivity contribution >= 4 is 0 Å². The van der Waals surface area contributed by atoms with Crippen molar-refractivity contribution in [3.63, 3.8) is 0 Å². The van der Waals surface area contributed by atoms with Gasteiger partial charge in [-0.3, -0.25) is 4.68 Å². The van der Waals surface area contributed by atoms with Crippen molar-refractivity contribution < 1.29 is 5.11 Å². The largest absolute Gasteiger partial charge is 0.384 e. The Morgan fingerprint density at radius 2 is 2.40 bits per heavy atom. The summed E-state index contributed by atoms with van der Waals surface area (Å²) in [6, 6.07) is 0. The third-order valence-electron chi connectivity index (χ3n) is 2.97. The molecule has 0 bridgehead atoms. The summed E-state index contributed by atoms with van der Waals surface area (Å²) in [7, 11) is 0. The highest BCUT2D eigenvalue weighted by atomic mass is 16.3. The Balaban J connectivity index is 2.12. The van der Waals surface area contributed by atoms with E-state index < -0.39 is 6.10 Å². The van der Waals surface area contributed by atoms with Crippen molar-refractivity contribution in [3.05, 3.63) is 29.6 Å². The molecule has 15 heavy (non-hydrogen) atoms. The number of aryl methyl sites for hydroxylation is 1. The van der Waals surface area contributed by atoms with Crippen molar-refractivity contribution in [3.8, 4) is 0 Å². The molecule has 0 aliphatic heterocycles. The number of aliphatic hydroxyl groups is 1. The third kappa shape index (κ3) is 2.29. The van der Waals surface area contributed by atoms with Crippen molar-refractivity contribution in [1.82, 2.24) is 9.78 Å². The standard InChI is InChI=1S/C12H18N2O/c1-2-14-9-11(8-13-14)12(15)10-6-4-3-5-7-10/h6,8-9,12,15H,2-5,7H2,1H3. The first-order valence-corrected chi connectivity index (χ1v) is 5.70. The second-order valence-corrected chi connectivity index (χ2v) is 4.06. The summed E-state index contributed by atoms with van der Waals surface area (Å²) in [5, 5.41) is 14.3. The molecule has 82 valence electrons. The molecule has 1 aromatic rings. The maximum absolute atomic E-state index is 10.1. The van der Waals surface area contributed by atoms with Crippen molar-refractivity contribution in [2.45, 2.75) is 45.3 Å². The highest BCUT2D eigenvalue weighted by molar-refractivity contribution is 5.22. The van der Waals surface area contributed by atoms with E-state index in [0.717, 1.165) is 30.5 Å². The van der Waals surface area contributed by atoms with E-state index in [1.165, 1.54) is 12.8 Å². The van der Waals surface area contributed by atoms with Crippen LogP contribution in [0.25, 0.3) is 0 Å². The van der Waals surface area contributed by atoms with E-state index in [1.807, 2.05) is 17.8 Å². The van der Waals surface area contributed by atoms with Gasteiger partial charge < -0.3 is 5.11 Å². The number of aliphatic hydroxyl groups excluding tert-OH is 1. The minimum absolute atomic E-state index is 0.439. The number of hydrogen-bond acceptors (Lipinski definition) is 2. The molecule has 1 atom stereocenters. The van der Waals surface area contributed by atoms with Crippen LogP contribution in [0, 0.1) is 0 Å². The van der Waals surface area contributed by atoms with Crippen molar-refractivity contribution in [2.75, 3.05) is 0 Å². The molecule has 1 unspecified atom stereocenters. The normalized spacial score (nSPS) is 18.7. The van der Waals surface area contributed by atoms with Crippen LogP contribution in [-0.2, 0) is 6.54 Å². The second kappa shape index (κ2) is 4.62. The molecule has 0 aromatic carbocycles. The first kappa shape index (κ1) is 10.4. The maximum atomic E-state index is 10.1. The number of nitrogens with zero attached hydrogens (tertiary/aromatic N) is 2. The second-order valence-electron chi connectivity index (χ2n) is 4.06. The summed E-state index contributed by atoms with van der Waals surface area (Å²) in [5.41, 5.74) is 2.09. The predicted molar refractivity (Wildman–Crippen MR) is 59.4 cm³/mol. The summed E-state index contributed by atoms with van der Waals surface area (Å²) < 4.78 is 1.85. The molecule has 0 amide bonds. The Morgan fingerprint density at radius 1 is 1.53 bits per heavy atom. The summed E-state index contributed by atoms with van der Waals surface area (Å²) in [6.07, 6.45) is 10.0. The average Bonchev–Trinajstić information content (AvgIpc) is 2.78. The molecule has 0 saturated carbocycles. The number of aromatic nitrogens is 2. The first-order chi connectivity index (χ1) is 7.31. The molecule has 0 saturated heterocycles. The van der Waals surface area contributed by atoms with E-state index in [9.17, 15) is 5.11 Å². The number of hydrogen-bond donors (Lipinski definition) is 1. The monoisotopic (exact) mass is 206 g/mol. The van der Waals surface area contributed by atoms with E-state index in [1.54, 1.807) is 6.20 Å². The van der Waals surface area contributed by atoms with E-state index in [4.69, 9.17) is 0 Å². The highest BCUT2D eigenvalue weighted by Gasteiger charge is 2.16. The molecular formula is C12H18N2O. The molecule has 1 N–H and O–H groups in total. The van der Waals surface area contributed by atoms with Crippen LogP contribution in [0.5, 0.6) is 0 Å². The lowest BCUT2D eigenvalue weighted by Gasteiger charge is -2.17. The van der Waals surface area contributed by atoms with Crippen LogP contribution in [0.3, 0.4) is 0 Å². The Hall–Kier alpha value is -1.09. The fourth-order valence-corrected chi connectivity index (χ4v) is 2.02. The van der Waals surface area contributed by atoms with Gasteiger partial charge in [-0.2, -0.15) is 5.10 Å². The van der Waals surface area contributed by atoms with E-state index in [-0.39, 0.29) is 0 Å². The van der Waals surface area contributed by atoms with E-state index in [0.29, 0.717) is 0 Å². The molecule has 1 aliphatic rings. The van der Waals surface area contributed by atoms with Crippen LogP contribution < -0.4 is 0 Å². The summed E-state index contributed by atoms with van der Waals surface area (Å²) in [5.74, 6) is 0. The van der Waals surface area contributed by atoms with Crippen LogP contribution in [0.15, 0.2) is 24.0 Å². The van der Waals surface area contributed by atoms with E-state index in [2.05, 4.69) is 11.2 Å². The Morgan fingerprint density at radius 3 is 3.00 bits per heavy atom. The zero-order valence-electron chi connectivity index (χ0n) is 9.19. The average molecular weight is 206 g/mol. The summed E-state index contributed by atoms with van der Waals surface area (Å²) >= 11 is 0. The maximum Gasteiger partial charge on any atom is 0.103 e. The molecule has 0 spiro atoms. The topological polar surface area (TPSA) is 38.0 Å².